The predicted molar refractivity (Wildman–Crippen MR) is 82.4 cm³/mol. The number of thiophene rings is 1. The largest absolute Gasteiger partial charge is 0.481 e. The van der Waals surface area contributed by atoms with Gasteiger partial charge in [-0.25, -0.2) is 0 Å². The standard InChI is InChI=1S/C16H17NO2S/c1-17-9-7-13(15-6-3-11-20-15)19-14-5-2-4-12-8-10-18-16(12)14/h2-6,8,10-11,13,17H,7,9H2,1H3/t13-/m0/s1. The fourth-order valence-corrected chi connectivity index (χ4v) is 3.01. The van der Waals surface area contributed by atoms with Crippen LogP contribution in [0.4, 0.5) is 0 Å². The Morgan fingerprint density at radius 1 is 1.25 bits per heavy atom. The van der Waals surface area contributed by atoms with E-state index in [1.807, 2.05) is 31.3 Å². The van der Waals surface area contributed by atoms with Crippen molar-refractivity contribution in [3.63, 3.8) is 0 Å². The first-order valence-electron chi connectivity index (χ1n) is 6.69. The molecule has 0 saturated carbocycles. The van der Waals surface area contributed by atoms with E-state index < -0.39 is 0 Å². The second-order valence-electron chi connectivity index (χ2n) is 4.61. The minimum Gasteiger partial charge on any atom is -0.481 e. The predicted octanol–water partition coefficient (Wildman–Crippen LogP) is 4.22. The van der Waals surface area contributed by atoms with E-state index in [1.54, 1.807) is 17.6 Å². The van der Waals surface area contributed by atoms with Gasteiger partial charge in [0.2, 0.25) is 0 Å². The molecule has 0 amide bonds. The topological polar surface area (TPSA) is 34.4 Å². The minimum atomic E-state index is 0.0538. The molecule has 0 bridgehead atoms. The summed E-state index contributed by atoms with van der Waals surface area (Å²) in [4.78, 5) is 1.24. The lowest BCUT2D eigenvalue weighted by Crippen LogP contribution is -2.15. The Morgan fingerprint density at radius 3 is 3.00 bits per heavy atom. The van der Waals surface area contributed by atoms with Crippen molar-refractivity contribution in [3.05, 3.63) is 52.9 Å². The minimum absolute atomic E-state index is 0.0538. The molecule has 3 nitrogen and oxygen atoms in total. The van der Waals surface area contributed by atoms with Crippen molar-refractivity contribution >= 4 is 22.3 Å². The third-order valence-electron chi connectivity index (χ3n) is 3.23. The third-order valence-corrected chi connectivity index (χ3v) is 4.19. The Morgan fingerprint density at radius 2 is 2.20 bits per heavy atom. The number of rotatable bonds is 6. The highest BCUT2D eigenvalue weighted by Crippen LogP contribution is 2.33. The van der Waals surface area contributed by atoms with Gasteiger partial charge in [0.25, 0.3) is 0 Å². The number of benzene rings is 1. The second-order valence-corrected chi connectivity index (χ2v) is 5.59. The van der Waals surface area contributed by atoms with Crippen LogP contribution in [-0.2, 0) is 0 Å². The SMILES string of the molecule is CNCC[C@H](Oc1cccc2ccoc12)c1cccs1. The second kappa shape index (κ2) is 6.11. The number of furan rings is 1. The summed E-state index contributed by atoms with van der Waals surface area (Å²) in [6.07, 6.45) is 2.68. The van der Waals surface area contributed by atoms with E-state index in [9.17, 15) is 0 Å². The van der Waals surface area contributed by atoms with Gasteiger partial charge < -0.3 is 14.5 Å². The van der Waals surface area contributed by atoms with Gasteiger partial charge in [0.15, 0.2) is 11.3 Å². The molecule has 0 aliphatic heterocycles. The summed E-state index contributed by atoms with van der Waals surface area (Å²) in [5.41, 5.74) is 0.818. The summed E-state index contributed by atoms with van der Waals surface area (Å²) in [6, 6.07) is 12.1. The van der Waals surface area contributed by atoms with Gasteiger partial charge in [-0.3, -0.25) is 0 Å². The summed E-state index contributed by atoms with van der Waals surface area (Å²) in [6.45, 7) is 0.913. The van der Waals surface area contributed by atoms with E-state index in [2.05, 4.69) is 22.8 Å². The first-order chi connectivity index (χ1) is 9.88. The molecule has 4 heteroatoms. The lowest BCUT2D eigenvalue weighted by atomic mass is 10.2. The number of hydrogen-bond donors (Lipinski definition) is 1. The Bertz CT molecular complexity index is 660. The average Bonchev–Trinajstić information content (AvgIpc) is 3.14. The van der Waals surface area contributed by atoms with Crippen LogP contribution in [0, 0.1) is 0 Å². The zero-order valence-corrected chi connectivity index (χ0v) is 12.2. The van der Waals surface area contributed by atoms with Crippen LogP contribution in [0.25, 0.3) is 11.0 Å². The van der Waals surface area contributed by atoms with Crippen LogP contribution < -0.4 is 10.1 Å². The van der Waals surface area contributed by atoms with E-state index >= 15 is 0 Å². The maximum atomic E-state index is 6.21. The summed E-state index contributed by atoms with van der Waals surface area (Å²) >= 11 is 1.72. The number of fused-ring (bicyclic) bond motifs is 1. The molecule has 0 aliphatic rings. The molecule has 1 atom stereocenters. The Balaban J connectivity index is 1.87. The molecule has 3 aromatic rings. The van der Waals surface area contributed by atoms with E-state index in [0.29, 0.717) is 0 Å². The smallest absolute Gasteiger partial charge is 0.175 e. The zero-order valence-electron chi connectivity index (χ0n) is 11.3. The third kappa shape index (κ3) is 2.71. The van der Waals surface area contributed by atoms with Crippen LogP contribution in [0.5, 0.6) is 5.75 Å². The summed E-state index contributed by atoms with van der Waals surface area (Å²) in [5.74, 6) is 0.807. The summed E-state index contributed by atoms with van der Waals surface area (Å²) < 4.78 is 11.7. The molecule has 2 heterocycles. The Labute approximate surface area is 122 Å². The molecule has 1 aromatic carbocycles. The lowest BCUT2D eigenvalue weighted by molar-refractivity contribution is 0.199. The molecule has 0 radical (unpaired) electrons. The van der Waals surface area contributed by atoms with E-state index in [-0.39, 0.29) is 6.10 Å². The van der Waals surface area contributed by atoms with E-state index in [4.69, 9.17) is 9.15 Å². The molecular formula is C16H17NO2S. The molecular weight excluding hydrogens is 270 g/mol. The van der Waals surface area contributed by atoms with Crippen LogP contribution in [0.2, 0.25) is 0 Å². The van der Waals surface area contributed by atoms with Gasteiger partial charge in [-0.2, -0.15) is 0 Å². The van der Waals surface area contributed by atoms with Crippen LogP contribution in [-0.4, -0.2) is 13.6 Å². The number of para-hydroxylation sites is 1. The maximum absolute atomic E-state index is 6.21. The molecule has 2 aromatic heterocycles. The molecule has 0 unspecified atom stereocenters. The van der Waals surface area contributed by atoms with Crippen LogP contribution in [0.15, 0.2) is 52.5 Å². The highest BCUT2D eigenvalue weighted by atomic mass is 32.1. The molecule has 0 aliphatic carbocycles. The van der Waals surface area contributed by atoms with Crippen LogP contribution >= 0.6 is 11.3 Å². The molecule has 104 valence electrons. The number of nitrogens with one attached hydrogen (secondary N) is 1. The van der Waals surface area contributed by atoms with Gasteiger partial charge in [-0.05, 0) is 37.2 Å². The van der Waals surface area contributed by atoms with Crippen molar-refractivity contribution in [3.8, 4) is 5.75 Å². The molecule has 3 rings (SSSR count). The van der Waals surface area contributed by atoms with Crippen molar-refractivity contribution in [1.82, 2.24) is 5.32 Å². The first kappa shape index (κ1) is 13.2. The molecule has 0 spiro atoms. The van der Waals surface area contributed by atoms with Gasteiger partial charge in [-0.15, -0.1) is 11.3 Å². The Hall–Kier alpha value is -1.78. The normalized spacial score (nSPS) is 12.7. The van der Waals surface area contributed by atoms with Gasteiger partial charge in [0, 0.05) is 16.7 Å². The van der Waals surface area contributed by atoms with Gasteiger partial charge in [0.05, 0.1) is 6.26 Å². The Kier molecular flexibility index (Phi) is 4.04. The van der Waals surface area contributed by atoms with Crippen molar-refractivity contribution in [1.29, 1.82) is 0 Å². The van der Waals surface area contributed by atoms with Crippen molar-refractivity contribution < 1.29 is 9.15 Å². The molecule has 0 fully saturated rings. The van der Waals surface area contributed by atoms with Gasteiger partial charge in [0.1, 0.15) is 6.10 Å². The molecule has 20 heavy (non-hydrogen) atoms. The quantitative estimate of drug-likeness (QED) is 0.737. The molecule has 0 saturated heterocycles. The highest BCUT2D eigenvalue weighted by molar-refractivity contribution is 7.10. The van der Waals surface area contributed by atoms with E-state index in [0.717, 1.165) is 29.7 Å². The fraction of sp³-hybridized carbons (Fsp3) is 0.250. The average molecular weight is 287 g/mol. The van der Waals surface area contributed by atoms with Crippen LogP contribution in [0.3, 0.4) is 0 Å². The monoisotopic (exact) mass is 287 g/mol. The zero-order chi connectivity index (χ0) is 13.8. The first-order valence-corrected chi connectivity index (χ1v) is 7.57. The summed E-state index contributed by atoms with van der Waals surface area (Å²) in [5, 5.41) is 6.33. The summed E-state index contributed by atoms with van der Waals surface area (Å²) in [7, 11) is 1.96. The van der Waals surface area contributed by atoms with Gasteiger partial charge in [-0.1, -0.05) is 18.2 Å². The van der Waals surface area contributed by atoms with Crippen LogP contribution in [0.1, 0.15) is 17.4 Å². The fourth-order valence-electron chi connectivity index (χ4n) is 2.22. The van der Waals surface area contributed by atoms with Crippen molar-refractivity contribution in [2.75, 3.05) is 13.6 Å². The maximum Gasteiger partial charge on any atom is 0.175 e. The van der Waals surface area contributed by atoms with Crippen molar-refractivity contribution in [2.24, 2.45) is 0 Å². The highest BCUT2D eigenvalue weighted by Gasteiger charge is 2.16. The lowest BCUT2D eigenvalue weighted by Gasteiger charge is -2.18. The number of ether oxygens (including phenoxy) is 1. The number of hydrogen-bond acceptors (Lipinski definition) is 4. The van der Waals surface area contributed by atoms with Crippen molar-refractivity contribution in [2.45, 2.75) is 12.5 Å². The van der Waals surface area contributed by atoms with E-state index in [1.165, 1.54) is 4.88 Å². The molecule has 1 N–H and O–H groups in total. The van der Waals surface area contributed by atoms with Gasteiger partial charge >= 0.3 is 0 Å².